The lowest BCUT2D eigenvalue weighted by Gasteiger charge is -2.12. The van der Waals surface area contributed by atoms with Crippen molar-refractivity contribution in [3.8, 4) is 5.75 Å². The molecule has 0 bridgehead atoms. The third-order valence-corrected chi connectivity index (χ3v) is 5.74. The Kier molecular flexibility index (Phi) is 5.83. The first-order valence-electron chi connectivity index (χ1n) is 8.73. The number of hydrazone groups is 1. The molecule has 0 aromatic heterocycles. The predicted molar refractivity (Wildman–Crippen MR) is 111 cm³/mol. The molecule has 0 fully saturated rings. The number of rotatable bonds is 7. The summed E-state index contributed by atoms with van der Waals surface area (Å²) in [5.74, 6) is 0.571. The SMILES string of the molecule is COc1ccc(NS(=O)(=O)c2cc([N+](=O)[O-])ccc2N/N=C2/C=C(C)CC2)cc1. The monoisotopic (exact) mass is 416 g/mol. The zero-order chi connectivity index (χ0) is 21.0. The van der Waals surface area contributed by atoms with Crippen molar-refractivity contribution in [2.75, 3.05) is 17.3 Å². The molecule has 0 atom stereocenters. The van der Waals surface area contributed by atoms with Crippen LogP contribution in [0.2, 0.25) is 0 Å². The molecule has 0 radical (unpaired) electrons. The molecular weight excluding hydrogens is 396 g/mol. The fraction of sp³-hybridized carbons (Fsp3) is 0.211. The molecule has 2 aromatic rings. The van der Waals surface area contributed by atoms with E-state index >= 15 is 0 Å². The number of hydrogen-bond donors (Lipinski definition) is 2. The second-order valence-electron chi connectivity index (χ2n) is 6.48. The van der Waals surface area contributed by atoms with E-state index in [1.165, 1.54) is 36.9 Å². The molecule has 3 rings (SSSR count). The van der Waals surface area contributed by atoms with E-state index in [1.54, 1.807) is 12.1 Å². The van der Waals surface area contributed by atoms with E-state index in [-0.39, 0.29) is 16.3 Å². The van der Waals surface area contributed by atoms with Crippen LogP contribution in [0.15, 0.2) is 64.1 Å². The molecular formula is C19H20N4O5S. The average Bonchev–Trinajstić information content (AvgIpc) is 3.11. The van der Waals surface area contributed by atoms with Gasteiger partial charge in [0.2, 0.25) is 0 Å². The summed E-state index contributed by atoms with van der Waals surface area (Å²) in [7, 11) is -2.62. The van der Waals surface area contributed by atoms with Gasteiger partial charge in [-0.05, 0) is 56.2 Å². The molecule has 2 N–H and O–H groups in total. The number of methoxy groups -OCH3 is 1. The highest BCUT2D eigenvalue weighted by Crippen LogP contribution is 2.29. The van der Waals surface area contributed by atoms with Crippen LogP contribution in [0.1, 0.15) is 19.8 Å². The van der Waals surface area contributed by atoms with Gasteiger partial charge in [0.25, 0.3) is 15.7 Å². The van der Waals surface area contributed by atoms with Crippen molar-refractivity contribution in [3.05, 3.63) is 64.2 Å². The van der Waals surface area contributed by atoms with Gasteiger partial charge in [-0.2, -0.15) is 5.10 Å². The van der Waals surface area contributed by atoms with Gasteiger partial charge in [-0.15, -0.1) is 0 Å². The van der Waals surface area contributed by atoms with Gasteiger partial charge in [-0.1, -0.05) is 5.57 Å². The Morgan fingerprint density at radius 2 is 1.86 bits per heavy atom. The van der Waals surface area contributed by atoms with Crippen molar-refractivity contribution in [1.29, 1.82) is 0 Å². The molecule has 9 nitrogen and oxygen atoms in total. The molecule has 0 aliphatic heterocycles. The van der Waals surface area contributed by atoms with Crippen LogP contribution in [0.25, 0.3) is 0 Å². The van der Waals surface area contributed by atoms with Crippen molar-refractivity contribution in [2.45, 2.75) is 24.7 Å². The number of sulfonamides is 1. The van der Waals surface area contributed by atoms with Gasteiger partial charge in [-0.3, -0.25) is 20.3 Å². The molecule has 29 heavy (non-hydrogen) atoms. The maximum absolute atomic E-state index is 12.9. The Hall–Kier alpha value is -3.40. The summed E-state index contributed by atoms with van der Waals surface area (Å²) < 4.78 is 33.3. The standard InChI is InChI=1S/C19H20N4O5S/c1-13-3-4-15(11-13)20-21-18-10-7-16(23(24)25)12-19(18)29(26,27)22-14-5-8-17(28-2)9-6-14/h5-12,21-22H,3-4H2,1-2H3/b20-15+. The molecule has 1 aliphatic carbocycles. The van der Waals surface area contributed by atoms with Gasteiger partial charge < -0.3 is 4.74 Å². The third-order valence-electron chi connectivity index (χ3n) is 4.32. The molecule has 0 amide bonds. The maximum atomic E-state index is 12.9. The van der Waals surface area contributed by atoms with E-state index in [9.17, 15) is 18.5 Å². The lowest BCUT2D eigenvalue weighted by Crippen LogP contribution is -2.15. The Bertz CT molecular complexity index is 1090. The van der Waals surface area contributed by atoms with Crippen molar-refractivity contribution >= 4 is 32.8 Å². The second-order valence-corrected chi connectivity index (χ2v) is 8.13. The highest BCUT2D eigenvalue weighted by Gasteiger charge is 2.23. The first-order valence-corrected chi connectivity index (χ1v) is 10.2. The van der Waals surface area contributed by atoms with Gasteiger partial charge in [-0.25, -0.2) is 8.42 Å². The molecule has 0 unspecified atom stereocenters. The molecule has 0 spiro atoms. The highest BCUT2D eigenvalue weighted by atomic mass is 32.2. The normalized spacial score (nSPS) is 15.1. The number of anilines is 2. The minimum atomic E-state index is -4.12. The van der Waals surface area contributed by atoms with E-state index < -0.39 is 14.9 Å². The molecule has 0 saturated carbocycles. The first-order chi connectivity index (χ1) is 13.8. The summed E-state index contributed by atoms with van der Waals surface area (Å²) in [5, 5.41) is 15.4. The quantitative estimate of drug-likeness (QED) is 0.521. The summed E-state index contributed by atoms with van der Waals surface area (Å²) in [6.07, 6.45) is 3.56. The number of nitro groups is 1. The minimum absolute atomic E-state index is 0.141. The van der Waals surface area contributed by atoms with Crippen LogP contribution < -0.4 is 14.9 Å². The molecule has 2 aromatic carbocycles. The molecule has 0 saturated heterocycles. The summed E-state index contributed by atoms with van der Waals surface area (Å²) >= 11 is 0. The van der Waals surface area contributed by atoms with Gasteiger partial charge in [0.1, 0.15) is 10.6 Å². The van der Waals surface area contributed by atoms with Gasteiger partial charge >= 0.3 is 0 Å². The average molecular weight is 416 g/mol. The number of nitro benzene ring substituents is 1. The van der Waals surface area contributed by atoms with Gasteiger partial charge in [0.15, 0.2) is 0 Å². The fourth-order valence-electron chi connectivity index (χ4n) is 2.78. The molecule has 1 aliphatic rings. The molecule has 10 heteroatoms. The third kappa shape index (κ3) is 4.91. The largest absolute Gasteiger partial charge is 0.497 e. The number of allylic oxidation sites excluding steroid dienone is 2. The van der Waals surface area contributed by atoms with Crippen LogP contribution in [0.3, 0.4) is 0 Å². The fourth-order valence-corrected chi connectivity index (χ4v) is 4.02. The predicted octanol–water partition coefficient (Wildman–Crippen LogP) is 3.91. The Morgan fingerprint density at radius 3 is 2.45 bits per heavy atom. The number of hydrogen-bond acceptors (Lipinski definition) is 7. The summed E-state index contributed by atoms with van der Waals surface area (Å²) in [6.45, 7) is 1.99. The summed E-state index contributed by atoms with van der Waals surface area (Å²) in [4.78, 5) is 10.2. The Labute approximate surface area is 168 Å². The number of nitrogens with one attached hydrogen (secondary N) is 2. The van der Waals surface area contributed by atoms with E-state index in [2.05, 4.69) is 15.2 Å². The van der Waals surface area contributed by atoms with Crippen LogP contribution in [-0.2, 0) is 10.0 Å². The van der Waals surface area contributed by atoms with Crippen LogP contribution in [-0.4, -0.2) is 26.2 Å². The number of ether oxygens (including phenoxy) is 1. The molecule has 152 valence electrons. The lowest BCUT2D eigenvalue weighted by molar-refractivity contribution is -0.385. The van der Waals surface area contributed by atoms with Crippen molar-refractivity contribution in [1.82, 2.24) is 0 Å². The van der Waals surface area contributed by atoms with E-state index in [1.807, 2.05) is 13.0 Å². The number of benzene rings is 2. The highest BCUT2D eigenvalue weighted by molar-refractivity contribution is 7.92. The smallest absolute Gasteiger partial charge is 0.270 e. The van der Waals surface area contributed by atoms with Gasteiger partial charge in [0, 0.05) is 17.8 Å². The zero-order valence-corrected chi connectivity index (χ0v) is 16.7. The minimum Gasteiger partial charge on any atom is -0.497 e. The van der Waals surface area contributed by atoms with Crippen LogP contribution in [0.4, 0.5) is 17.1 Å². The zero-order valence-electron chi connectivity index (χ0n) is 15.9. The van der Waals surface area contributed by atoms with Crippen molar-refractivity contribution in [2.24, 2.45) is 5.10 Å². The van der Waals surface area contributed by atoms with Crippen molar-refractivity contribution in [3.63, 3.8) is 0 Å². The molecule has 0 heterocycles. The van der Waals surface area contributed by atoms with E-state index in [0.717, 1.165) is 24.6 Å². The maximum Gasteiger partial charge on any atom is 0.270 e. The Morgan fingerprint density at radius 1 is 1.14 bits per heavy atom. The number of non-ortho nitro benzene ring substituents is 1. The lowest BCUT2D eigenvalue weighted by atomic mass is 10.3. The second kappa shape index (κ2) is 8.31. The summed E-state index contributed by atoms with van der Waals surface area (Å²) in [5.41, 5.74) is 4.80. The summed E-state index contributed by atoms with van der Waals surface area (Å²) in [6, 6.07) is 9.84. The number of nitrogens with zero attached hydrogens (tertiary/aromatic N) is 2. The van der Waals surface area contributed by atoms with E-state index in [0.29, 0.717) is 11.4 Å². The topological polar surface area (TPSA) is 123 Å². The van der Waals surface area contributed by atoms with E-state index in [4.69, 9.17) is 4.74 Å². The van der Waals surface area contributed by atoms with Gasteiger partial charge in [0.05, 0.1) is 23.4 Å². The van der Waals surface area contributed by atoms with Crippen LogP contribution in [0, 0.1) is 10.1 Å². The van der Waals surface area contributed by atoms with Crippen LogP contribution in [0.5, 0.6) is 5.75 Å². The Balaban J connectivity index is 1.95. The van der Waals surface area contributed by atoms with Crippen molar-refractivity contribution < 1.29 is 18.1 Å². The van der Waals surface area contributed by atoms with Crippen LogP contribution >= 0.6 is 0 Å². The first kappa shape index (κ1) is 20.3.